The summed E-state index contributed by atoms with van der Waals surface area (Å²) in [6.07, 6.45) is 3.68. The van der Waals surface area contributed by atoms with Crippen molar-refractivity contribution in [2.45, 2.75) is 26.3 Å². The fourth-order valence-corrected chi connectivity index (χ4v) is 3.97. The number of aryl methyl sites for hydroxylation is 1. The highest BCUT2D eigenvalue weighted by atomic mass is 16.4. The van der Waals surface area contributed by atoms with E-state index in [9.17, 15) is 14.8 Å². The molecule has 2 aromatic carbocycles. The van der Waals surface area contributed by atoms with Gasteiger partial charge in [-0.15, -0.1) is 0 Å². The van der Waals surface area contributed by atoms with Gasteiger partial charge in [0.25, 0.3) is 0 Å². The van der Waals surface area contributed by atoms with Crippen LogP contribution in [0.5, 0.6) is 0 Å². The van der Waals surface area contributed by atoms with Crippen LogP contribution in [0.25, 0.3) is 22.3 Å². The number of benzene rings is 2. The fraction of sp³-hybridized carbons (Fsp3) is 0.208. The number of nitrogens with two attached hydrogens (primary N) is 1. The van der Waals surface area contributed by atoms with Crippen LogP contribution in [0.15, 0.2) is 54.9 Å². The van der Waals surface area contributed by atoms with Crippen LogP contribution in [-0.4, -0.2) is 37.6 Å². The molecule has 0 aliphatic rings. The van der Waals surface area contributed by atoms with Crippen LogP contribution >= 0.6 is 0 Å². The second kappa shape index (κ2) is 9.05. The molecule has 0 aliphatic heterocycles. The Hall–Kier alpha value is -3.69. The lowest BCUT2D eigenvalue weighted by Crippen LogP contribution is -2.30. The number of hydrogen-bond donors (Lipinski definition) is 4. The van der Waals surface area contributed by atoms with Crippen molar-refractivity contribution in [3.05, 3.63) is 71.5 Å². The van der Waals surface area contributed by atoms with E-state index >= 15 is 0 Å². The van der Waals surface area contributed by atoms with Crippen molar-refractivity contribution < 1.29 is 14.8 Å². The predicted molar refractivity (Wildman–Crippen MR) is 130 cm³/mol. The minimum absolute atomic E-state index is 0.193. The van der Waals surface area contributed by atoms with Crippen molar-refractivity contribution in [1.29, 1.82) is 0 Å². The number of nitrogens with zero attached hydrogens (tertiary/aromatic N) is 3. The zero-order valence-corrected chi connectivity index (χ0v) is 18.8. The van der Waals surface area contributed by atoms with Crippen LogP contribution in [0, 0.1) is 0 Å². The summed E-state index contributed by atoms with van der Waals surface area (Å²) in [7, 11) is 0.372. The van der Waals surface area contributed by atoms with E-state index in [-0.39, 0.29) is 5.92 Å². The first-order chi connectivity index (χ1) is 15.8. The smallest absolute Gasteiger partial charge is 0.423 e. The van der Waals surface area contributed by atoms with Gasteiger partial charge in [0.1, 0.15) is 5.82 Å². The van der Waals surface area contributed by atoms with Gasteiger partial charge in [-0.05, 0) is 23.0 Å². The number of rotatable bonds is 7. The third kappa shape index (κ3) is 4.46. The van der Waals surface area contributed by atoms with E-state index < -0.39 is 13.0 Å². The van der Waals surface area contributed by atoms with Gasteiger partial charge < -0.3 is 25.7 Å². The summed E-state index contributed by atoms with van der Waals surface area (Å²) in [6.45, 7) is 4.60. The van der Waals surface area contributed by atoms with Gasteiger partial charge in [0.05, 0.1) is 5.69 Å². The highest BCUT2D eigenvalue weighted by molar-refractivity contribution is 6.58. The Balaban J connectivity index is 1.74. The first-order valence-corrected chi connectivity index (χ1v) is 10.7. The summed E-state index contributed by atoms with van der Waals surface area (Å²) in [5.41, 5.74) is 9.10. The molecule has 8 nitrogen and oxygen atoms in total. The summed E-state index contributed by atoms with van der Waals surface area (Å²) < 4.78 is 1.90. The van der Waals surface area contributed by atoms with Crippen LogP contribution in [-0.2, 0) is 13.6 Å². The second-order valence-corrected chi connectivity index (χ2v) is 8.34. The van der Waals surface area contributed by atoms with Gasteiger partial charge in [-0.3, -0.25) is 4.79 Å². The van der Waals surface area contributed by atoms with Gasteiger partial charge in [0, 0.05) is 47.9 Å². The van der Waals surface area contributed by atoms with E-state index in [4.69, 9.17) is 10.7 Å². The number of aromatic nitrogens is 3. The standard InChI is InChI=1S/C24H26BN5O3/c1-14(2)19-12-28-24(21-17-8-5-9-18(22(26)31)20(17)13-30(21)3)29-23(19)27-11-15-6-4-7-16(10-15)25(32)33/h4-10,12-14,32-33H,11H2,1-3H3,(H2,26,31)(H,27,28,29). The van der Waals surface area contributed by atoms with Gasteiger partial charge in [-0.1, -0.05) is 50.2 Å². The highest BCUT2D eigenvalue weighted by Crippen LogP contribution is 2.32. The lowest BCUT2D eigenvalue weighted by molar-refractivity contribution is 0.100. The summed E-state index contributed by atoms with van der Waals surface area (Å²) >= 11 is 0. The zero-order chi connectivity index (χ0) is 23.7. The van der Waals surface area contributed by atoms with Gasteiger partial charge in [0.2, 0.25) is 5.91 Å². The zero-order valence-electron chi connectivity index (χ0n) is 18.8. The molecule has 2 aromatic heterocycles. The van der Waals surface area contributed by atoms with Crippen LogP contribution in [0.1, 0.15) is 41.3 Å². The number of anilines is 1. The quantitative estimate of drug-likeness (QED) is 0.324. The minimum atomic E-state index is -1.52. The first kappa shape index (κ1) is 22.5. The number of fused-ring (bicyclic) bond motifs is 1. The molecule has 0 bridgehead atoms. The van der Waals surface area contributed by atoms with Crippen molar-refractivity contribution in [3.63, 3.8) is 0 Å². The molecule has 33 heavy (non-hydrogen) atoms. The summed E-state index contributed by atoms with van der Waals surface area (Å²) in [5.74, 6) is 0.941. The Bertz CT molecular complexity index is 1330. The Morgan fingerprint density at radius 3 is 2.64 bits per heavy atom. The largest absolute Gasteiger partial charge is 0.488 e. The molecule has 0 unspecified atom stereocenters. The van der Waals surface area contributed by atoms with E-state index in [0.29, 0.717) is 29.2 Å². The molecular formula is C24H26BN5O3. The SMILES string of the molecule is CC(C)c1cnc(-c2c3cccc(C(N)=O)c3cn2C)nc1NCc1cccc(B(O)O)c1. The van der Waals surface area contributed by atoms with E-state index in [2.05, 4.69) is 24.1 Å². The summed E-state index contributed by atoms with van der Waals surface area (Å²) in [5, 5.41) is 23.9. The monoisotopic (exact) mass is 443 g/mol. The molecule has 0 atom stereocenters. The molecule has 1 amide bonds. The van der Waals surface area contributed by atoms with E-state index in [0.717, 1.165) is 27.6 Å². The summed E-state index contributed by atoms with van der Waals surface area (Å²) in [4.78, 5) is 21.3. The molecule has 2 heterocycles. The van der Waals surface area contributed by atoms with Crippen molar-refractivity contribution in [1.82, 2.24) is 14.5 Å². The Kier molecular flexibility index (Phi) is 6.17. The van der Waals surface area contributed by atoms with Crippen molar-refractivity contribution in [2.24, 2.45) is 12.8 Å². The molecule has 4 rings (SSSR count). The maximum atomic E-state index is 11.9. The van der Waals surface area contributed by atoms with Crippen LogP contribution in [0.3, 0.4) is 0 Å². The van der Waals surface area contributed by atoms with Crippen LogP contribution < -0.4 is 16.5 Å². The third-order valence-electron chi connectivity index (χ3n) is 5.66. The van der Waals surface area contributed by atoms with Gasteiger partial charge in [-0.2, -0.15) is 0 Å². The van der Waals surface area contributed by atoms with Crippen molar-refractivity contribution >= 4 is 35.1 Å². The lowest BCUT2D eigenvalue weighted by Gasteiger charge is -2.15. The Labute approximate surface area is 192 Å². The van der Waals surface area contributed by atoms with Crippen LogP contribution in [0.4, 0.5) is 5.82 Å². The average Bonchev–Trinajstić information content (AvgIpc) is 3.13. The molecule has 4 aromatic rings. The van der Waals surface area contributed by atoms with Gasteiger partial charge in [-0.25, -0.2) is 9.97 Å². The lowest BCUT2D eigenvalue weighted by atomic mass is 9.79. The second-order valence-electron chi connectivity index (χ2n) is 8.34. The molecule has 0 saturated carbocycles. The Morgan fingerprint density at radius 1 is 1.18 bits per heavy atom. The molecule has 0 spiro atoms. The number of carbonyl (C=O) groups excluding carboxylic acids is 1. The molecule has 0 fully saturated rings. The van der Waals surface area contributed by atoms with Crippen LogP contribution in [0.2, 0.25) is 0 Å². The summed E-state index contributed by atoms with van der Waals surface area (Å²) in [6, 6.07) is 12.5. The van der Waals surface area contributed by atoms with Gasteiger partial charge >= 0.3 is 7.12 Å². The molecule has 9 heteroatoms. The van der Waals surface area contributed by atoms with E-state index in [1.165, 1.54) is 0 Å². The van der Waals surface area contributed by atoms with Gasteiger partial charge in [0.15, 0.2) is 5.82 Å². The predicted octanol–water partition coefficient (Wildman–Crippen LogP) is 2.15. The maximum Gasteiger partial charge on any atom is 0.488 e. The third-order valence-corrected chi connectivity index (χ3v) is 5.66. The molecule has 168 valence electrons. The van der Waals surface area contributed by atoms with Crippen molar-refractivity contribution in [3.8, 4) is 11.5 Å². The Morgan fingerprint density at radius 2 is 1.94 bits per heavy atom. The fourth-order valence-electron chi connectivity index (χ4n) is 3.97. The molecule has 5 N–H and O–H groups in total. The first-order valence-electron chi connectivity index (χ1n) is 10.7. The van der Waals surface area contributed by atoms with E-state index in [1.807, 2.05) is 36.1 Å². The normalized spacial score (nSPS) is 11.2. The number of amides is 1. The number of hydrogen-bond acceptors (Lipinski definition) is 6. The highest BCUT2D eigenvalue weighted by Gasteiger charge is 2.19. The van der Waals surface area contributed by atoms with E-state index in [1.54, 1.807) is 30.3 Å². The topological polar surface area (TPSA) is 126 Å². The molecule has 0 aliphatic carbocycles. The number of carbonyl (C=O) groups is 1. The minimum Gasteiger partial charge on any atom is -0.423 e. The van der Waals surface area contributed by atoms with Crippen molar-refractivity contribution in [2.75, 3.05) is 5.32 Å². The molecule has 0 radical (unpaired) electrons. The maximum absolute atomic E-state index is 11.9. The molecule has 0 saturated heterocycles. The number of nitrogens with one attached hydrogen (secondary N) is 1. The molecular weight excluding hydrogens is 417 g/mol. The average molecular weight is 443 g/mol. The number of primary amides is 1.